The first-order valence-electron chi connectivity index (χ1n) is 14.7. The van der Waals surface area contributed by atoms with Gasteiger partial charge >= 0.3 is 0 Å². The van der Waals surface area contributed by atoms with Crippen molar-refractivity contribution in [1.29, 1.82) is 0 Å². The Kier molecular flexibility index (Phi) is 7.70. The number of carbonyl (C=O) groups excluding carboxylic acids is 3. The van der Waals surface area contributed by atoms with Gasteiger partial charge in [-0.2, -0.15) is 0 Å². The topological polar surface area (TPSA) is 90.4 Å². The molecular weight excluding hydrogens is 506 g/mol. The van der Waals surface area contributed by atoms with E-state index in [-0.39, 0.29) is 36.3 Å². The van der Waals surface area contributed by atoms with Gasteiger partial charge in [0.2, 0.25) is 17.7 Å². The summed E-state index contributed by atoms with van der Waals surface area (Å²) >= 11 is 0. The first-order valence-corrected chi connectivity index (χ1v) is 14.7. The van der Waals surface area contributed by atoms with Gasteiger partial charge in [-0.25, -0.2) is 0 Å². The van der Waals surface area contributed by atoms with Crippen LogP contribution in [-0.2, 0) is 25.7 Å². The number of likely N-dealkylation sites (tertiary alicyclic amines) is 1. The second kappa shape index (κ2) is 10.8. The Bertz CT molecular complexity index is 1200. The van der Waals surface area contributed by atoms with Crippen molar-refractivity contribution in [3.05, 3.63) is 60.2 Å². The van der Waals surface area contributed by atoms with Gasteiger partial charge in [0.25, 0.3) is 0 Å². The molecule has 8 nitrogen and oxygen atoms in total. The quantitative estimate of drug-likeness (QED) is 0.503. The highest BCUT2D eigenvalue weighted by Gasteiger charge is 2.75. The lowest BCUT2D eigenvalue weighted by atomic mass is 9.74. The maximum absolute atomic E-state index is 14.6. The van der Waals surface area contributed by atoms with Gasteiger partial charge < -0.3 is 24.5 Å². The average molecular weight is 550 g/mol. The molecule has 0 bridgehead atoms. The SMILES string of the molecule is CCCC(C)N1CC=C[C@]23O[C@]4(C)C=CCN(Cc5ccccc5)C(=O)[C@@H]4[C@H]2C(=O)N([C@@H](CO)C(C)C)C3C1=O. The summed E-state index contributed by atoms with van der Waals surface area (Å²) < 4.78 is 6.92. The van der Waals surface area contributed by atoms with Gasteiger partial charge in [0, 0.05) is 25.7 Å². The number of aliphatic hydroxyl groups is 1. The van der Waals surface area contributed by atoms with Gasteiger partial charge in [-0.05, 0) is 31.7 Å². The molecule has 0 aromatic heterocycles. The molecule has 1 spiro atoms. The number of hydrogen-bond donors (Lipinski definition) is 1. The summed E-state index contributed by atoms with van der Waals surface area (Å²) in [6.45, 7) is 10.8. The van der Waals surface area contributed by atoms with E-state index in [2.05, 4.69) is 6.92 Å². The standard InChI is InChI=1S/C32H43N3O5/c1-6-12-22(4)34-18-11-16-32-26(29(38)35(27(32)30(34)39)24(20-36)21(2)3)25-28(37)33(17-10-15-31(25,5)40-32)19-23-13-8-7-9-14-23/h7-11,13-16,21-22,24-27,36H,6,12,17-20H2,1-5H3/t22?,24-,25-,26-,27?,31+,32-/m0/s1. The fourth-order valence-corrected chi connectivity index (χ4v) is 7.42. The molecule has 1 aromatic carbocycles. The lowest BCUT2D eigenvalue weighted by Crippen LogP contribution is -2.60. The molecule has 4 aliphatic heterocycles. The summed E-state index contributed by atoms with van der Waals surface area (Å²) in [4.78, 5) is 48.6. The van der Waals surface area contributed by atoms with Crippen molar-refractivity contribution in [2.75, 3.05) is 19.7 Å². The molecular formula is C32H43N3O5. The largest absolute Gasteiger partial charge is 0.394 e. The van der Waals surface area contributed by atoms with E-state index in [4.69, 9.17) is 4.74 Å². The Balaban J connectivity index is 1.62. The molecule has 7 atom stereocenters. The number of ether oxygens (including phenoxy) is 1. The maximum Gasteiger partial charge on any atom is 0.249 e. The average Bonchev–Trinajstić information content (AvgIpc) is 3.18. The van der Waals surface area contributed by atoms with Crippen LogP contribution in [0.1, 0.15) is 53.0 Å². The Labute approximate surface area is 237 Å². The molecule has 216 valence electrons. The maximum atomic E-state index is 14.6. The van der Waals surface area contributed by atoms with E-state index in [1.807, 2.05) is 87.2 Å². The molecule has 3 amide bonds. The Morgan fingerprint density at radius 3 is 2.33 bits per heavy atom. The highest BCUT2D eigenvalue weighted by molar-refractivity contribution is 6.00. The monoisotopic (exact) mass is 549 g/mol. The van der Waals surface area contributed by atoms with Gasteiger partial charge in [0.15, 0.2) is 0 Å². The van der Waals surface area contributed by atoms with Crippen LogP contribution in [0.15, 0.2) is 54.6 Å². The third-order valence-corrected chi connectivity index (χ3v) is 9.38. The van der Waals surface area contributed by atoms with Crippen LogP contribution < -0.4 is 0 Å². The second-order valence-electron chi connectivity index (χ2n) is 12.4. The van der Waals surface area contributed by atoms with E-state index >= 15 is 0 Å². The van der Waals surface area contributed by atoms with E-state index in [0.717, 1.165) is 18.4 Å². The first-order chi connectivity index (χ1) is 19.1. The number of aliphatic hydroxyl groups excluding tert-OH is 1. The van der Waals surface area contributed by atoms with Gasteiger partial charge in [-0.1, -0.05) is 81.8 Å². The summed E-state index contributed by atoms with van der Waals surface area (Å²) in [6.07, 6.45) is 9.43. The van der Waals surface area contributed by atoms with E-state index in [0.29, 0.717) is 19.6 Å². The minimum absolute atomic E-state index is 0.0229. The number of benzene rings is 1. The molecule has 2 saturated heterocycles. The zero-order valence-electron chi connectivity index (χ0n) is 24.3. The highest BCUT2D eigenvalue weighted by Crippen LogP contribution is 2.58. The molecule has 0 aliphatic carbocycles. The Hall–Kier alpha value is -2.97. The third kappa shape index (κ3) is 4.40. The van der Waals surface area contributed by atoms with Crippen LogP contribution in [0.25, 0.3) is 0 Å². The van der Waals surface area contributed by atoms with Crippen LogP contribution in [0, 0.1) is 17.8 Å². The fourth-order valence-electron chi connectivity index (χ4n) is 7.42. The molecule has 2 unspecified atom stereocenters. The fraction of sp³-hybridized carbons (Fsp3) is 0.594. The van der Waals surface area contributed by atoms with E-state index in [1.54, 1.807) is 9.80 Å². The zero-order valence-corrected chi connectivity index (χ0v) is 24.3. The molecule has 40 heavy (non-hydrogen) atoms. The molecule has 2 fully saturated rings. The molecule has 5 rings (SSSR count). The van der Waals surface area contributed by atoms with Crippen molar-refractivity contribution in [2.24, 2.45) is 17.8 Å². The van der Waals surface area contributed by atoms with Crippen LogP contribution in [0.4, 0.5) is 0 Å². The van der Waals surface area contributed by atoms with Crippen molar-refractivity contribution >= 4 is 17.7 Å². The second-order valence-corrected chi connectivity index (χ2v) is 12.4. The van der Waals surface area contributed by atoms with Crippen LogP contribution in [0.5, 0.6) is 0 Å². The molecule has 4 aliphatic rings. The number of fused-ring (bicyclic) bond motifs is 2. The summed E-state index contributed by atoms with van der Waals surface area (Å²) in [5.41, 5.74) is -1.37. The summed E-state index contributed by atoms with van der Waals surface area (Å²) in [5, 5.41) is 10.5. The third-order valence-electron chi connectivity index (χ3n) is 9.38. The molecule has 4 heterocycles. The minimum atomic E-state index is -1.31. The molecule has 0 saturated carbocycles. The normalized spacial score (nSPS) is 33.1. The number of rotatable bonds is 8. The van der Waals surface area contributed by atoms with Crippen LogP contribution in [0.3, 0.4) is 0 Å². The van der Waals surface area contributed by atoms with Gasteiger partial charge in [-0.15, -0.1) is 0 Å². The minimum Gasteiger partial charge on any atom is -0.394 e. The van der Waals surface area contributed by atoms with E-state index < -0.39 is 35.1 Å². The molecule has 1 N–H and O–H groups in total. The van der Waals surface area contributed by atoms with Crippen LogP contribution in [0.2, 0.25) is 0 Å². The zero-order chi connectivity index (χ0) is 28.8. The molecule has 8 heteroatoms. The predicted octanol–water partition coefficient (Wildman–Crippen LogP) is 3.16. The van der Waals surface area contributed by atoms with E-state index in [1.165, 1.54) is 0 Å². The number of nitrogens with zero attached hydrogens (tertiary/aromatic N) is 3. The van der Waals surface area contributed by atoms with Gasteiger partial charge in [0.05, 0.1) is 30.1 Å². The van der Waals surface area contributed by atoms with Crippen LogP contribution in [-0.4, -0.2) is 86.6 Å². The predicted molar refractivity (Wildman–Crippen MR) is 152 cm³/mol. The number of carbonyl (C=O) groups is 3. The smallest absolute Gasteiger partial charge is 0.249 e. The summed E-state index contributed by atoms with van der Waals surface area (Å²) in [6, 6.07) is 8.24. The van der Waals surface area contributed by atoms with Crippen molar-refractivity contribution in [2.45, 2.75) is 83.3 Å². The van der Waals surface area contributed by atoms with Crippen molar-refractivity contribution in [1.82, 2.24) is 14.7 Å². The molecule has 0 radical (unpaired) electrons. The summed E-state index contributed by atoms with van der Waals surface area (Å²) in [5.74, 6) is -2.42. The lowest BCUT2D eigenvalue weighted by molar-refractivity contribution is -0.158. The van der Waals surface area contributed by atoms with Crippen molar-refractivity contribution in [3.8, 4) is 0 Å². The lowest BCUT2D eigenvalue weighted by Gasteiger charge is -2.42. The number of amides is 3. The van der Waals surface area contributed by atoms with Gasteiger partial charge in [-0.3, -0.25) is 14.4 Å². The van der Waals surface area contributed by atoms with Crippen molar-refractivity contribution in [3.63, 3.8) is 0 Å². The first kappa shape index (κ1) is 28.6. The van der Waals surface area contributed by atoms with Gasteiger partial charge in [0.1, 0.15) is 11.6 Å². The van der Waals surface area contributed by atoms with Crippen molar-refractivity contribution < 1.29 is 24.2 Å². The molecule has 1 aromatic rings. The summed E-state index contributed by atoms with van der Waals surface area (Å²) in [7, 11) is 0. The number of hydrogen-bond acceptors (Lipinski definition) is 5. The van der Waals surface area contributed by atoms with Crippen LogP contribution >= 0.6 is 0 Å². The Morgan fingerprint density at radius 2 is 1.68 bits per heavy atom. The Morgan fingerprint density at radius 1 is 0.975 bits per heavy atom. The van der Waals surface area contributed by atoms with E-state index in [9.17, 15) is 19.5 Å². The highest BCUT2D eigenvalue weighted by atomic mass is 16.5.